The van der Waals surface area contributed by atoms with E-state index < -0.39 is 83.6 Å². The lowest BCUT2D eigenvalue weighted by molar-refractivity contribution is -0.299. The van der Waals surface area contributed by atoms with Crippen LogP contribution in [0.2, 0.25) is 0 Å². The largest absolute Gasteiger partial charge is 0.493 e. The van der Waals surface area contributed by atoms with Crippen molar-refractivity contribution in [1.82, 2.24) is 4.90 Å². The zero-order valence-corrected chi connectivity index (χ0v) is 34.7. The van der Waals surface area contributed by atoms with Crippen molar-refractivity contribution < 1.29 is 58.5 Å². The van der Waals surface area contributed by atoms with E-state index in [0.29, 0.717) is 25.2 Å². The molecule has 55 heavy (non-hydrogen) atoms. The maximum Gasteiger partial charge on any atom is 0.312 e. The molecule has 2 aliphatic rings. The third-order valence-electron chi connectivity index (χ3n) is 11.2. The van der Waals surface area contributed by atoms with Crippen molar-refractivity contribution in [3.63, 3.8) is 0 Å². The number of hydrogen-bond donors (Lipinski definition) is 4. The molecule has 1 unspecified atom stereocenters. The second kappa shape index (κ2) is 20.5. The van der Waals surface area contributed by atoms with Gasteiger partial charge >= 0.3 is 11.9 Å². The van der Waals surface area contributed by atoms with Crippen LogP contribution in [0.15, 0.2) is 35.5 Å². The third-order valence-corrected chi connectivity index (χ3v) is 11.2. The molecule has 0 saturated carbocycles. The average molecular weight is 781 g/mol. The number of hydrogen-bond acceptors (Lipinski definition) is 14. The van der Waals surface area contributed by atoms with Crippen LogP contribution in [0.1, 0.15) is 94.4 Å². The molecule has 2 fully saturated rings. The van der Waals surface area contributed by atoms with Crippen molar-refractivity contribution in [3.05, 3.63) is 30.3 Å². The number of rotatable bonds is 12. The lowest BCUT2D eigenvalue weighted by Gasteiger charge is -2.47. The topological polar surface area (TPSA) is 186 Å². The highest BCUT2D eigenvalue weighted by molar-refractivity contribution is 5.88. The van der Waals surface area contributed by atoms with Crippen LogP contribution in [0.4, 0.5) is 0 Å². The van der Waals surface area contributed by atoms with Gasteiger partial charge in [0, 0.05) is 36.6 Å². The number of ether oxygens (including phenoxy) is 5. The molecule has 0 aliphatic carbocycles. The second-order valence-corrected chi connectivity index (χ2v) is 16.2. The fraction of sp³-hybridized carbons (Fsp3) is 0.780. The Bertz CT molecular complexity index is 1370. The molecule has 14 heteroatoms. The van der Waals surface area contributed by atoms with Crippen LogP contribution < -0.4 is 4.74 Å². The van der Waals surface area contributed by atoms with Gasteiger partial charge < -0.3 is 53.8 Å². The van der Waals surface area contributed by atoms with E-state index in [-0.39, 0.29) is 38.0 Å². The number of benzene rings is 1. The Kier molecular flexibility index (Phi) is 17.4. The summed E-state index contributed by atoms with van der Waals surface area (Å²) in [5.41, 5.74) is -3.34. The van der Waals surface area contributed by atoms with E-state index in [1.807, 2.05) is 63.2 Å². The number of nitrogens with zero attached hydrogens (tertiary/aromatic N) is 2. The lowest BCUT2D eigenvalue weighted by Crippen LogP contribution is -2.60. The minimum absolute atomic E-state index is 0.0134. The van der Waals surface area contributed by atoms with E-state index in [0.717, 1.165) is 5.75 Å². The fourth-order valence-corrected chi connectivity index (χ4v) is 7.98. The van der Waals surface area contributed by atoms with Crippen LogP contribution >= 0.6 is 0 Å². The van der Waals surface area contributed by atoms with E-state index in [4.69, 9.17) is 28.5 Å². The first-order chi connectivity index (χ1) is 25.8. The van der Waals surface area contributed by atoms with E-state index >= 15 is 0 Å². The molecule has 2 aliphatic heterocycles. The van der Waals surface area contributed by atoms with Crippen LogP contribution in [0.5, 0.6) is 5.75 Å². The van der Waals surface area contributed by atoms with Gasteiger partial charge in [0.05, 0.1) is 42.1 Å². The van der Waals surface area contributed by atoms with Crippen molar-refractivity contribution in [1.29, 1.82) is 0 Å². The van der Waals surface area contributed by atoms with Crippen molar-refractivity contribution >= 4 is 17.7 Å². The Morgan fingerprint density at radius 3 is 2.25 bits per heavy atom. The molecule has 0 bridgehead atoms. The van der Waals surface area contributed by atoms with Crippen LogP contribution in [0, 0.1) is 23.7 Å². The fourth-order valence-electron chi connectivity index (χ4n) is 7.98. The molecule has 0 spiro atoms. The number of likely N-dealkylation sites (N-methyl/N-ethyl adjacent to an activating group) is 1. The third kappa shape index (κ3) is 12.1. The van der Waals surface area contributed by atoms with Gasteiger partial charge in [-0.1, -0.05) is 58.0 Å². The number of cyclic esters (lactones) is 1. The summed E-state index contributed by atoms with van der Waals surface area (Å²) in [6.07, 6.45) is -6.36. The zero-order chi connectivity index (χ0) is 41.2. The highest BCUT2D eigenvalue weighted by Crippen LogP contribution is 2.39. The van der Waals surface area contributed by atoms with Gasteiger partial charge in [-0.2, -0.15) is 0 Å². The molecule has 314 valence electrons. The number of carbonyl (C=O) groups excluding carboxylic acids is 2. The highest BCUT2D eigenvalue weighted by Gasteiger charge is 2.52. The van der Waals surface area contributed by atoms with Crippen molar-refractivity contribution in [2.24, 2.45) is 28.8 Å². The van der Waals surface area contributed by atoms with Crippen molar-refractivity contribution in [2.45, 2.75) is 155 Å². The maximum absolute atomic E-state index is 13.9. The minimum Gasteiger partial charge on any atom is -0.493 e. The summed E-state index contributed by atoms with van der Waals surface area (Å²) in [6, 6.07) is 9.07. The number of para-hydroxylation sites is 1. The molecule has 0 radical (unpaired) electrons. The van der Waals surface area contributed by atoms with Crippen molar-refractivity contribution in [2.75, 3.05) is 27.3 Å². The van der Waals surface area contributed by atoms with Gasteiger partial charge in [-0.25, -0.2) is 0 Å². The first kappa shape index (κ1) is 46.5. The molecule has 3 rings (SSSR count). The minimum atomic E-state index is -1.94. The summed E-state index contributed by atoms with van der Waals surface area (Å²) in [5.74, 6) is -4.00. The van der Waals surface area contributed by atoms with Gasteiger partial charge in [0.1, 0.15) is 36.3 Å². The lowest BCUT2D eigenvalue weighted by atomic mass is 9.73. The van der Waals surface area contributed by atoms with E-state index in [9.17, 15) is 30.0 Å². The summed E-state index contributed by atoms with van der Waals surface area (Å²) in [6.45, 7) is 15.6. The standard InChI is InChI=1S/C41H68N2O12/c1-12-31-41(9,49)36(46)26(5)33(42-51-21-17-20-50-29-18-15-14-16-19-29)24(3)23-40(8,48)37(55-39-34(45)30(43(10)11)22-25(4)52-39)27(6)35(54-32(44)13-2)28(7)38(47)53-31/h14-16,18-19,24-28,30-31,34-37,39,45-46,48-49H,12-13,17,20-23H2,1-11H3/b42-33+/t24-,25-,26-,27+,28-,30+,31+,34-,35+,36-,37-,39+,40?,41-/m1/s1. The molecular formula is C41H68N2O12. The maximum atomic E-state index is 13.9. The van der Waals surface area contributed by atoms with Gasteiger partial charge in [0.2, 0.25) is 0 Å². The zero-order valence-electron chi connectivity index (χ0n) is 34.7. The van der Waals surface area contributed by atoms with Crippen LogP contribution in [0.25, 0.3) is 0 Å². The first-order valence-corrected chi connectivity index (χ1v) is 19.8. The van der Waals surface area contributed by atoms with E-state index in [2.05, 4.69) is 5.16 Å². The first-order valence-electron chi connectivity index (χ1n) is 19.8. The summed E-state index contributed by atoms with van der Waals surface area (Å²) in [4.78, 5) is 34.5. The molecular weight excluding hydrogens is 712 g/mol. The molecule has 0 amide bonds. The molecule has 4 N–H and O–H groups in total. The predicted molar refractivity (Wildman–Crippen MR) is 206 cm³/mol. The predicted octanol–water partition coefficient (Wildman–Crippen LogP) is 4.09. The summed E-state index contributed by atoms with van der Waals surface area (Å²) >= 11 is 0. The Labute approximate surface area is 327 Å². The van der Waals surface area contributed by atoms with E-state index in [1.54, 1.807) is 41.5 Å². The monoisotopic (exact) mass is 780 g/mol. The molecule has 2 saturated heterocycles. The highest BCUT2D eigenvalue weighted by atomic mass is 16.7. The quantitative estimate of drug-likeness (QED) is 0.135. The smallest absolute Gasteiger partial charge is 0.312 e. The normalized spacial score (nSPS) is 38.9. The summed E-state index contributed by atoms with van der Waals surface area (Å²) in [5, 5.41) is 52.2. The van der Waals surface area contributed by atoms with Gasteiger partial charge in [0.25, 0.3) is 0 Å². The number of oxime groups is 1. The summed E-state index contributed by atoms with van der Waals surface area (Å²) in [7, 11) is 3.71. The van der Waals surface area contributed by atoms with Crippen LogP contribution in [-0.4, -0.2) is 130 Å². The Hall–Kier alpha value is -2.85. The Morgan fingerprint density at radius 2 is 1.65 bits per heavy atom. The SMILES string of the molecule is CCC(=O)O[C@H]1[C@H](C)[C@@H](O[C@@H]2O[C@H](C)C[C@H](N(C)C)[C@H]2O)C(C)(O)C[C@@H](C)/C(=N\OCCCOc2ccccc2)[C@@H](C)[C@@H](O)[C@](C)(O)[C@H](CC)OC(=O)[C@@H]1C. The van der Waals surface area contributed by atoms with Crippen molar-refractivity contribution in [3.8, 4) is 5.75 Å². The van der Waals surface area contributed by atoms with Gasteiger partial charge in [-0.05, 0) is 73.2 Å². The second-order valence-electron chi connectivity index (χ2n) is 16.2. The van der Waals surface area contributed by atoms with Gasteiger partial charge in [-0.3, -0.25) is 9.59 Å². The van der Waals surface area contributed by atoms with Crippen LogP contribution in [0.3, 0.4) is 0 Å². The van der Waals surface area contributed by atoms with Gasteiger partial charge in [0.15, 0.2) is 6.29 Å². The molecule has 14 atom stereocenters. The number of esters is 2. The molecule has 1 aromatic carbocycles. The Balaban J connectivity index is 2.09. The average Bonchev–Trinajstić information content (AvgIpc) is 3.13. The molecule has 0 aromatic heterocycles. The summed E-state index contributed by atoms with van der Waals surface area (Å²) < 4.78 is 30.4. The molecule has 14 nitrogen and oxygen atoms in total. The molecule has 2 heterocycles. The van der Waals surface area contributed by atoms with Crippen LogP contribution in [-0.2, 0) is 33.4 Å². The molecule has 1 aromatic rings. The van der Waals surface area contributed by atoms with Gasteiger partial charge in [-0.15, -0.1) is 0 Å². The number of aliphatic hydroxyl groups excluding tert-OH is 2. The number of carbonyl (C=O) groups is 2. The van der Waals surface area contributed by atoms with E-state index in [1.165, 1.54) is 6.92 Å². The Morgan fingerprint density at radius 1 is 1.00 bits per heavy atom. The number of aliphatic hydroxyl groups is 4.